The fourth-order valence-corrected chi connectivity index (χ4v) is 2.24. The van der Waals surface area contributed by atoms with Gasteiger partial charge >= 0.3 is 0 Å². The van der Waals surface area contributed by atoms with Crippen molar-refractivity contribution < 1.29 is 9.53 Å². The summed E-state index contributed by atoms with van der Waals surface area (Å²) in [4.78, 5) is 15.1. The molecule has 0 amide bonds. The minimum absolute atomic E-state index is 0.0646. The van der Waals surface area contributed by atoms with Gasteiger partial charge in [-0.2, -0.15) is 0 Å². The summed E-state index contributed by atoms with van der Waals surface area (Å²) in [6.45, 7) is 0. The van der Waals surface area contributed by atoms with Crippen LogP contribution in [0.2, 0.25) is 0 Å². The molecule has 0 bridgehead atoms. The molecule has 2 aromatic rings. The third kappa shape index (κ3) is 1.88. The van der Waals surface area contributed by atoms with E-state index in [4.69, 9.17) is 4.74 Å². The topological polar surface area (TPSA) is 42.1 Å². The summed E-state index contributed by atoms with van der Waals surface area (Å²) >= 11 is 2.21. The molecule has 0 spiro atoms. The number of carbonyl (C=O) groups is 1. The molecule has 2 heterocycles. The van der Waals surface area contributed by atoms with E-state index in [-0.39, 0.29) is 5.78 Å². The number of carbonyl (C=O) groups excluding carboxylic acids is 1. The molecule has 1 aliphatic heterocycles. The van der Waals surface area contributed by atoms with Crippen molar-refractivity contribution in [2.75, 3.05) is 0 Å². The van der Waals surface area contributed by atoms with Crippen LogP contribution < -0.4 is 4.74 Å². The Morgan fingerprint density at radius 1 is 1.29 bits per heavy atom. The van der Waals surface area contributed by atoms with Gasteiger partial charge in [0.2, 0.25) is 5.78 Å². The van der Waals surface area contributed by atoms with Crippen LogP contribution in [0.3, 0.4) is 0 Å². The molecule has 1 aromatic heterocycles. The largest absolute Gasteiger partial charge is 0.452 e. The molecule has 1 aromatic carbocycles. The van der Waals surface area contributed by atoms with Crippen LogP contribution in [0.4, 0.5) is 0 Å². The van der Waals surface area contributed by atoms with Crippen molar-refractivity contribution in [1.29, 1.82) is 0 Å². The Balaban J connectivity index is 1.99. The van der Waals surface area contributed by atoms with Crippen molar-refractivity contribution in [2.45, 2.75) is 0 Å². The minimum Gasteiger partial charge on any atom is -0.452 e. The number of hydrogen-bond donors (Lipinski definition) is 1. The summed E-state index contributed by atoms with van der Waals surface area (Å²) in [6, 6.07) is 9.21. The van der Waals surface area contributed by atoms with E-state index in [1.165, 1.54) is 0 Å². The average Bonchev–Trinajstić information content (AvgIpc) is 2.86. The first-order chi connectivity index (χ1) is 8.24. The molecular formula is C13H8INO2. The zero-order valence-corrected chi connectivity index (χ0v) is 10.9. The van der Waals surface area contributed by atoms with Crippen LogP contribution in [0.15, 0.2) is 42.3 Å². The number of ether oxygens (including phenoxy) is 1. The summed E-state index contributed by atoms with van der Waals surface area (Å²) < 4.78 is 6.62. The third-order valence-electron chi connectivity index (χ3n) is 2.53. The van der Waals surface area contributed by atoms with Crippen LogP contribution in [0.1, 0.15) is 16.1 Å². The molecule has 3 nitrogen and oxygen atoms in total. The second kappa shape index (κ2) is 4.03. The van der Waals surface area contributed by atoms with E-state index in [1.807, 2.05) is 24.4 Å². The molecule has 0 unspecified atom stereocenters. The quantitative estimate of drug-likeness (QED) is 0.641. The van der Waals surface area contributed by atoms with Crippen molar-refractivity contribution in [2.24, 2.45) is 0 Å². The van der Waals surface area contributed by atoms with E-state index >= 15 is 0 Å². The maximum Gasteiger partial charge on any atom is 0.232 e. The van der Waals surface area contributed by atoms with Gasteiger partial charge in [0.15, 0.2) is 5.76 Å². The van der Waals surface area contributed by atoms with Gasteiger partial charge in [-0.25, -0.2) is 0 Å². The third-order valence-corrected chi connectivity index (χ3v) is 3.15. The summed E-state index contributed by atoms with van der Waals surface area (Å²) in [5.74, 6) is 0.930. The first-order valence-electron chi connectivity index (χ1n) is 5.11. The molecule has 84 valence electrons. The Labute approximate surface area is 112 Å². The van der Waals surface area contributed by atoms with E-state index in [0.717, 1.165) is 9.26 Å². The Kier molecular flexibility index (Phi) is 2.51. The number of para-hydroxylation sites is 1. The lowest BCUT2D eigenvalue weighted by Crippen LogP contribution is -1.97. The van der Waals surface area contributed by atoms with Crippen LogP contribution >= 0.6 is 22.6 Å². The summed E-state index contributed by atoms with van der Waals surface area (Å²) in [7, 11) is 0. The fraction of sp³-hybridized carbons (Fsp3) is 0. The highest BCUT2D eigenvalue weighted by Gasteiger charge is 2.26. The predicted molar refractivity (Wildman–Crippen MR) is 72.9 cm³/mol. The minimum atomic E-state index is -0.0646. The van der Waals surface area contributed by atoms with Crippen molar-refractivity contribution >= 4 is 34.5 Å². The van der Waals surface area contributed by atoms with Gasteiger partial charge in [-0.3, -0.25) is 4.79 Å². The molecule has 1 aliphatic rings. The lowest BCUT2D eigenvalue weighted by molar-refractivity contribution is 0.101. The van der Waals surface area contributed by atoms with Crippen LogP contribution in [-0.4, -0.2) is 10.8 Å². The number of rotatable bonds is 1. The molecule has 0 saturated carbocycles. The number of ketones is 1. The standard InChI is InChI=1S/C13H8INO2/c14-8-5-9(15-7-8)6-12-13(16)10-3-1-2-4-11(10)17-12/h1-7,15H/b12-6-. The number of allylic oxidation sites excluding steroid dienone is 1. The molecule has 0 atom stereocenters. The molecule has 0 aliphatic carbocycles. The Morgan fingerprint density at radius 2 is 2.12 bits per heavy atom. The monoisotopic (exact) mass is 337 g/mol. The number of H-pyrrole nitrogens is 1. The van der Waals surface area contributed by atoms with Gasteiger partial charge in [0.1, 0.15) is 5.75 Å². The van der Waals surface area contributed by atoms with E-state index in [9.17, 15) is 4.79 Å². The van der Waals surface area contributed by atoms with E-state index in [0.29, 0.717) is 17.1 Å². The highest BCUT2D eigenvalue weighted by Crippen LogP contribution is 2.31. The lowest BCUT2D eigenvalue weighted by atomic mass is 10.1. The van der Waals surface area contributed by atoms with Gasteiger partial charge in [0, 0.05) is 21.5 Å². The van der Waals surface area contributed by atoms with Gasteiger partial charge in [0.05, 0.1) is 5.56 Å². The predicted octanol–water partition coefficient (Wildman–Crippen LogP) is 3.24. The Morgan fingerprint density at radius 3 is 2.82 bits per heavy atom. The van der Waals surface area contributed by atoms with Gasteiger partial charge < -0.3 is 9.72 Å². The zero-order chi connectivity index (χ0) is 11.8. The van der Waals surface area contributed by atoms with Crippen LogP contribution in [0, 0.1) is 3.57 Å². The lowest BCUT2D eigenvalue weighted by Gasteiger charge is -1.96. The number of aromatic amines is 1. The fourth-order valence-electron chi connectivity index (χ4n) is 1.74. The molecule has 1 N–H and O–H groups in total. The number of nitrogens with one attached hydrogen (secondary N) is 1. The SMILES string of the molecule is O=C1/C(=C/c2cc(I)c[nH]2)Oc2ccccc21. The van der Waals surface area contributed by atoms with Crippen molar-refractivity contribution in [3.8, 4) is 5.75 Å². The number of hydrogen-bond acceptors (Lipinski definition) is 2. The van der Waals surface area contributed by atoms with Crippen molar-refractivity contribution in [3.05, 3.63) is 57.1 Å². The Bertz CT molecular complexity index is 628. The number of benzene rings is 1. The number of Topliss-reactive ketones (excluding diaryl/α,β-unsaturated/α-hetero) is 1. The van der Waals surface area contributed by atoms with Gasteiger partial charge in [0.25, 0.3) is 0 Å². The van der Waals surface area contributed by atoms with Crippen molar-refractivity contribution in [3.63, 3.8) is 0 Å². The molecule has 0 radical (unpaired) electrons. The van der Waals surface area contributed by atoms with Crippen LogP contribution in [-0.2, 0) is 0 Å². The normalized spacial score (nSPS) is 16.1. The Hall–Kier alpha value is -1.56. The van der Waals surface area contributed by atoms with E-state index < -0.39 is 0 Å². The van der Waals surface area contributed by atoms with Crippen molar-refractivity contribution in [1.82, 2.24) is 4.98 Å². The maximum atomic E-state index is 12.0. The van der Waals surface area contributed by atoms with Crippen LogP contribution in [0.5, 0.6) is 5.75 Å². The molecule has 4 heteroatoms. The zero-order valence-electron chi connectivity index (χ0n) is 8.74. The highest BCUT2D eigenvalue weighted by atomic mass is 127. The van der Waals surface area contributed by atoms with Gasteiger partial charge in [-0.1, -0.05) is 12.1 Å². The maximum absolute atomic E-state index is 12.0. The molecule has 0 fully saturated rings. The average molecular weight is 337 g/mol. The van der Waals surface area contributed by atoms with Gasteiger partial charge in [-0.15, -0.1) is 0 Å². The summed E-state index contributed by atoms with van der Waals surface area (Å²) in [6.07, 6.45) is 3.60. The van der Waals surface area contributed by atoms with E-state index in [2.05, 4.69) is 27.6 Å². The molecule has 3 rings (SSSR count). The highest BCUT2D eigenvalue weighted by molar-refractivity contribution is 14.1. The number of halogens is 1. The second-order valence-electron chi connectivity index (χ2n) is 3.71. The number of fused-ring (bicyclic) bond motifs is 1. The number of aromatic nitrogens is 1. The summed E-state index contributed by atoms with van der Waals surface area (Å²) in [5, 5.41) is 0. The molecular weight excluding hydrogens is 329 g/mol. The summed E-state index contributed by atoms with van der Waals surface area (Å²) in [5.41, 5.74) is 1.49. The van der Waals surface area contributed by atoms with E-state index in [1.54, 1.807) is 18.2 Å². The first-order valence-corrected chi connectivity index (χ1v) is 6.19. The first kappa shape index (κ1) is 10.6. The van der Waals surface area contributed by atoms with Gasteiger partial charge in [-0.05, 0) is 40.8 Å². The smallest absolute Gasteiger partial charge is 0.232 e. The second-order valence-corrected chi connectivity index (χ2v) is 4.95. The van der Waals surface area contributed by atoms with Crippen LogP contribution in [0.25, 0.3) is 6.08 Å². The molecule has 0 saturated heterocycles. The molecule has 17 heavy (non-hydrogen) atoms.